The Morgan fingerprint density at radius 3 is 2.40 bits per heavy atom. The van der Waals surface area contributed by atoms with Crippen LogP contribution in [-0.4, -0.2) is 19.3 Å². The molecule has 2 aromatic heterocycles. The van der Waals surface area contributed by atoms with Gasteiger partial charge in [0.15, 0.2) is 0 Å². The first-order valence-electron chi connectivity index (χ1n) is 10.4. The van der Waals surface area contributed by atoms with E-state index in [1.54, 1.807) is 12.1 Å². The van der Waals surface area contributed by atoms with Crippen LogP contribution in [0.25, 0.3) is 16.7 Å². The minimum Gasteiger partial charge on any atom is -0.324 e. The van der Waals surface area contributed by atoms with Crippen molar-refractivity contribution in [3.8, 4) is 5.69 Å². The second-order valence-corrected chi connectivity index (χ2v) is 8.06. The number of aromatic nitrogens is 4. The lowest BCUT2D eigenvalue weighted by Gasteiger charge is -2.19. The summed E-state index contributed by atoms with van der Waals surface area (Å²) in [5, 5.41) is 8.31. The van der Waals surface area contributed by atoms with Crippen LogP contribution in [0.15, 0.2) is 48.5 Å². The van der Waals surface area contributed by atoms with E-state index in [4.69, 9.17) is 4.98 Å². The van der Waals surface area contributed by atoms with Gasteiger partial charge in [0.05, 0.1) is 28.5 Å². The Hall–Kier alpha value is -2.99. The predicted molar refractivity (Wildman–Crippen MR) is 118 cm³/mol. The quantitative estimate of drug-likeness (QED) is 0.467. The van der Waals surface area contributed by atoms with E-state index in [2.05, 4.69) is 54.0 Å². The molecule has 4 rings (SSSR count). The molecule has 0 aliphatic heterocycles. The molecule has 156 valence electrons. The van der Waals surface area contributed by atoms with Crippen molar-refractivity contribution in [1.29, 1.82) is 0 Å². The van der Waals surface area contributed by atoms with Crippen LogP contribution in [0.4, 0.5) is 4.39 Å². The van der Waals surface area contributed by atoms with Gasteiger partial charge in [-0.25, -0.2) is 14.1 Å². The van der Waals surface area contributed by atoms with E-state index >= 15 is 0 Å². The van der Waals surface area contributed by atoms with E-state index < -0.39 is 0 Å². The molecule has 0 radical (unpaired) electrons. The van der Waals surface area contributed by atoms with Gasteiger partial charge in [0.25, 0.3) is 0 Å². The zero-order chi connectivity index (χ0) is 21.4. The van der Waals surface area contributed by atoms with Crippen LogP contribution in [0.5, 0.6) is 0 Å². The summed E-state index contributed by atoms with van der Waals surface area (Å²) in [5.41, 5.74) is 6.21. The maximum Gasteiger partial charge on any atom is 0.127 e. The number of hydrogen-bond donors (Lipinski definition) is 1. The third-order valence-electron chi connectivity index (χ3n) is 5.62. The fraction of sp³-hybridized carbons (Fsp3) is 0.333. The van der Waals surface area contributed by atoms with Crippen molar-refractivity contribution in [2.24, 2.45) is 0 Å². The Morgan fingerprint density at radius 2 is 1.70 bits per heavy atom. The third kappa shape index (κ3) is 3.63. The van der Waals surface area contributed by atoms with Crippen molar-refractivity contribution in [3.63, 3.8) is 0 Å². The standard InChI is InChI=1S/C24H28FN5/c1-15(2)29-23-9-7-6-8-22(23)27-24(29)17(4)26-14-21-16(3)28-30(18(21)5)20-12-10-19(25)11-13-20/h6-13,15,17,26H,14H2,1-5H3/t17-/m0/s1. The number of nitrogens with one attached hydrogen (secondary N) is 1. The highest BCUT2D eigenvalue weighted by molar-refractivity contribution is 5.76. The van der Waals surface area contributed by atoms with Crippen molar-refractivity contribution in [2.45, 2.75) is 53.2 Å². The third-order valence-corrected chi connectivity index (χ3v) is 5.62. The zero-order valence-electron chi connectivity index (χ0n) is 18.1. The molecule has 0 amide bonds. The number of para-hydroxylation sites is 2. The highest BCUT2D eigenvalue weighted by Gasteiger charge is 2.19. The lowest BCUT2D eigenvalue weighted by atomic mass is 10.1. The number of aryl methyl sites for hydroxylation is 1. The Kier molecular flexibility index (Phi) is 5.43. The molecule has 1 atom stereocenters. The molecule has 6 heteroatoms. The van der Waals surface area contributed by atoms with Crippen LogP contribution in [-0.2, 0) is 6.54 Å². The average Bonchev–Trinajstić information content (AvgIpc) is 3.25. The van der Waals surface area contributed by atoms with E-state index in [0.29, 0.717) is 12.6 Å². The fourth-order valence-electron chi connectivity index (χ4n) is 4.02. The molecule has 0 spiro atoms. The summed E-state index contributed by atoms with van der Waals surface area (Å²) in [5.74, 6) is 0.788. The van der Waals surface area contributed by atoms with Crippen LogP contribution in [0.3, 0.4) is 0 Å². The predicted octanol–water partition coefficient (Wildman–Crippen LogP) is 5.41. The molecule has 0 aliphatic carbocycles. The monoisotopic (exact) mass is 405 g/mol. The number of benzene rings is 2. The molecule has 2 aromatic carbocycles. The van der Waals surface area contributed by atoms with Crippen molar-refractivity contribution >= 4 is 11.0 Å². The van der Waals surface area contributed by atoms with E-state index in [-0.39, 0.29) is 11.9 Å². The summed E-state index contributed by atoms with van der Waals surface area (Å²) in [6, 6.07) is 15.1. The van der Waals surface area contributed by atoms with Gasteiger partial charge in [-0.1, -0.05) is 12.1 Å². The van der Waals surface area contributed by atoms with Crippen molar-refractivity contribution < 1.29 is 4.39 Å². The van der Waals surface area contributed by atoms with Crippen LogP contribution in [0.2, 0.25) is 0 Å². The number of rotatable bonds is 6. The smallest absolute Gasteiger partial charge is 0.127 e. The van der Waals surface area contributed by atoms with E-state index in [1.807, 2.05) is 24.6 Å². The number of imidazole rings is 1. The Morgan fingerprint density at radius 1 is 1.00 bits per heavy atom. The molecule has 0 unspecified atom stereocenters. The first-order valence-corrected chi connectivity index (χ1v) is 10.4. The molecule has 0 bridgehead atoms. The summed E-state index contributed by atoms with van der Waals surface area (Å²) < 4.78 is 17.5. The van der Waals surface area contributed by atoms with Gasteiger partial charge in [-0.15, -0.1) is 0 Å². The second-order valence-electron chi connectivity index (χ2n) is 8.06. The molecule has 0 saturated carbocycles. The van der Waals surface area contributed by atoms with Gasteiger partial charge in [0.1, 0.15) is 11.6 Å². The highest BCUT2D eigenvalue weighted by Crippen LogP contribution is 2.26. The summed E-state index contributed by atoms with van der Waals surface area (Å²) in [6.07, 6.45) is 0. The Labute approximate surface area is 176 Å². The van der Waals surface area contributed by atoms with Crippen molar-refractivity contribution in [3.05, 3.63) is 77.1 Å². The lowest BCUT2D eigenvalue weighted by Crippen LogP contribution is -2.23. The molecule has 2 heterocycles. The lowest BCUT2D eigenvalue weighted by molar-refractivity contribution is 0.490. The topological polar surface area (TPSA) is 47.7 Å². The van der Waals surface area contributed by atoms with Gasteiger partial charge in [-0.05, 0) is 71.0 Å². The van der Waals surface area contributed by atoms with E-state index in [1.165, 1.54) is 12.1 Å². The molecular weight excluding hydrogens is 377 g/mol. The maximum absolute atomic E-state index is 13.3. The average molecular weight is 406 g/mol. The van der Waals surface area contributed by atoms with Crippen LogP contribution in [0.1, 0.15) is 55.6 Å². The molecule has 5 nitrogen and oxygen atoms in total. The van der Waals surface area contributed by atoms with E-state index in [0.717, 1.165) is 39.5 Å². The minimum absolute atomic E-state index is 0.0766. The summed E-state index contributed by atoms with van der Waals surface area (Å²) in [7, 11) is 0. The number of nitrogens with zero attached hydrogens (tertiary/aromatic N) is 4. The number of fused-ring (bicyclic) bond motifs is 1. The van der Waals surface area contributed by atoms with Gasteiger partial charge < -0.3 is 9.88 Å². The molecule has 0 fully saturated rings. The van der Waals surface area contributed by atoms with Crippen LogP contribution >= 0.6 is 0 Å². The normalized spacial score (nSPS) is 12.8. The molecule has 4 aromatic rings. The maximum atomic E-state index is 13.3. The number of halogens is 1. The van der Waals surface area contributed by atoms with Gasteiger partial charge in [0.2, 0.25) is 0 Å². The molecular formula is C24H28FN5. The molecule has 0 saturated heterocycles. The van der Waals surface area contributed by atoms with Crippen LogP contribution in [0, 0.1) is 19.7 Å². The zero-order valence-corrected chi connectivity index (χ0v) is 18.1. The second kappa shape index (κ2) is 8.03. The summed E-state index contributed by atoms with van der Waals surface area (Å²) in [4.78, 5) is 4.90. The van der Waals surface area contributed by atoms with Gasteiger partial charge in [-0.3, -0.25) is 0 Å². The van der Waals surface area contributed by atoms with Gasteiger partial charge >= 0.3 is 0 Å². The minimum atomic E-state index is -0.246. The van der Waals surface area contributed by atoms with Gasteiger partial charge in [-0.2, -0.15) is 5.10 Å². The fourth-order valence-corrected chi connectivity index (χ4v) is 4.02. The number of hydrogen-bond acceptors (Lipinski definition) is 3. The van der Waals surface area contributed by atoms with E-state index in [9.17, 15) is 4.39 Å². The molecule has 1 N–H and O–H groups in total. The van der Waals surface area contributed by atoms with Gasteiger partial charge in [0, 0.05) is 23.8 Å². The summed E-state index contributed by atoms with van der Waals surface area (Å²) >= 11 is 0. The Bertz CT molecular complexity index is 1170. The summed E-state index contributed by atoms with van der Waals surface area (Å²) in [6.45, 7) is 11.3. The Balaban J connectivity index is 1.59. The first kappa shape index (κ1) is 20.3. The molecule has 30 heavy (non-hydrogen) atoms. The van der Waals surface area contributed by atoms with Crippen molar-refractivity contribution in [1.82, 2.24) is 24.6 Å². The van der Waals surface area contributed by atoms with Crippen molar-refractivity contribution in [2.75, 3.05) is 0 Å². The first-order chi connectivity index (χ1) is 14.4. The SMILES string of the molecule is Cc1nn(-c2ccc(F)cc2)c(C)c1CN[C@@H](C)c1nc2ccccc2n1C(C)C. The largest absolute Gasteiger partial charge is 0.324 e. The molecule has 0 aliphatic rings. The van der Waals surface area contributed by atoms with Crippen LogP contribution < -0.4 is 5.32 Å². The highest BCUT2D eigenvalue weighted by atomic mass is 19.1.